The number of amides is 1. The van der Waals surface area contributed by atoms with Crippen molar-refractivity contribution in [3.8, 4) is 5.82 Å². The number of carbonyl (C=O) groups is 1. The summed E-state index contributed by atoms with van der Waals surface area (Å²) in [6, 6.07) is 12.3. The Labute approximate surface area is 203 Å². The smallest absolute Gasteiger partial charge is 0.361 e. The predicted octanol–water partition coefficient (Wildman–Crippen LogP) is 4.16. The van der Waals surface area contributed by atoms with Gasteiger partial charge in [-0.05, 0) is 35.4 Å². The molecule has 0 fully saturated rings. The van der Waals surface area contributed by atoms with Gasteiger partial charge in [-0.25, -0.2) is 9.37 Å². The van der Waals surface area contributed by atoms with Gasteiger partial charge in [0.05, 0.1) is 12.1 Å². The minimum atomic E-state index is -4.44. The maximum atomic E-state index is 13.0. The summed E-state index contributed by atoms with van der Waals surface area (Å²) in [5, 5.41) is 8.56. The fourth-order valence-corrected chi connectivity index (χ4v) is 3.21. The highest BCUT2D eigenvalue weighted by Gasteiger charge is 2.30. The third-order valence-electron chi connectivity index (χ3n) is 5.02. The average Bonchev–Trinajstić information content (AvgIpc) is 3.41. The van der Waals surface area contributed by atoms with Crippen LogP contribution < -0.4 is 16.0 Å². The van der Waals surface area contributed by atoms with Crippen molar-refractivity contribution in [3.63, 3.8) is 0 Å². The molecule has 4 aromatic rings. The molecule has 0 bridgehead atoms. The van der Waals surface area contributed by atoms with Crippen LogP contribution in [-0.4, -0.2) is 32.0 Å². The van der Waals surface area contributed by atoms with E-state index in [-0.39, 0.29) is 37.3 Å². The van der Waals surface area contributed by atoms with E-state index in [1.807, 2.05) is 0 Å². The van der Waals surface area contributed by atoms with Crippen LogP contribution in [0.5, 0.6) is 0 Å². The summed E-state index contributed by atoms with van der Waals surface area (Å²) in [7, 11) is 0. The Balaban J connectivity index is 1.43. The van der Waals surface area contributed by atoms with Gasteiger partial charge in [0.15, 0.2) is 0 Å². The van der Waals surface area contributed by atoms with Crippen LogP contribution in [0, 0.1) is 5.82 Å². The lowest BCUT2D eigenvalue weighted by Gasteiger charge is -2.13. The molecular weight excluding hydrogens is 478 g/mol. The van der Waals surface area contributed by atoms with Crippen molar-refractivity contribution in [1.82, 2.24) is 24.8 Å². The molecule has 0 spiro atoms. The van der Waals surface area contributed by atoms with E-state index in [0.29, 0.717) is 17.2 Å². The Morgan fingerprint density at radius 3 is 2.47 bits per heavy atom. The lowest BCUT2D eigenvalue weighted by atomic mass is 10.1. The van der Waals surface area contributed by atoms with Crippen LogP contribution in [0.25, 0.3) is 5.82 Å². The van der Waals surface area contributed by atoms with Crippen LogP contribution in [0.1, 0.15) is 16.7 Å². The van der Waals surface area contributed by atoms with Crippen molar-refractivity contribution in [2.75, 3.05) is 17.2 Å². The molecule has 3 N–H and O–H groups in total. The fraction of sp³-hybridized carbons (Fsp3) is 0.167. The fourth-order valence-electron chi connectivity index (χ4n) is 3.21. The minimum absolute atomic E-state index is 0.0505. The first-order chi connectivity index (χ1) is 17.3. The quantitative estimate of drug-likeness (QED) is 0.299. The first-order valence-electron chi connectivity index (χ1n) is 10.8. The Hall–Kier alpha value is -4.48. The second-order valence-corrected chi connectivity index (χ2v) is 7.71. The summed E-state index contributed by atoms with van der Waals surface area (Å²) in [5.41, 5.74) is 0.398. The van der Waals surface area contributed by atoms with Crippen LogP contribution in [0.15, 0.2) is 73.3 Å². The van der Waals surface area contributed by atoms with E-state index in [4.69, 9.17) is 0 Å². The zero-order chi connectivity index (χ0) is 25.5. The Morgan fingerprint density at radius 1 is 0.944 bits per heavy atom. The predicted molar refractivity (Wildman–Crippen MR) is 125 cm³/mol. The minimum Gasteiger partial charge on any atom is -0.361 e. The molecule has 0 aliphatic rings. The maximum Gasteiger partial charge on any atom is 0.416 e. The van der Waals surface area contributed by atoms with Crippen molar-refractivity contribution >= 4 is 17.7 Å². The third-order valence-corrected chi connectivity index (χ3v) is 5.02. The van der Waals surface area contributed by atoms with Crippen LogP contribution in [0.4, 0.5) is 29.3 Å². The molecule has 0 radical (unpaired) electrons. The summed E-state index contributed by atoms with van der Waals surface area (Å²) < 4.78 is 53.6. The summed E-state index contributed by atoms with van der Waals surface area (Å²) in [4.78, 5) is 24.9. The summed E-state index contributed by atoms with van der Waals surface area (Å²) >= 11 is 0. The van der Waals surface area contributed by atoms with E-state index >= 15 is 0 Å². The summed E-state index contributed by atoms with van der Waals surface area (Å²) in [6.45, 7) is 0.179. The van der Waals surface area contributed by atoms with E-state index in [1.54, 1.807) is 41.2 Å². The maximum absolute atomic E-state index is 13.0. The molecule has 2 aromatic heterocycles. The number of alkyl halides is 3. The van der Waals surface area contributed by atoms with Crippen LogP contribution >= 0.6 is 0 Å². The third kappa shape index (κ3) is 6.78. The number of nitrogens with one attached hydrogen (secondary N) is 3. The molecule has 36 heavy (non-hydrogen) atoms. The largest absolute Gasteiger partial charge is 0.416 e. The van der Waals surface area contributed by atoms with Crippen LogP contribution in [0.2, 0.25) is 0 Å². The van der Waals surface area contributed by atoms with Crippen molar-refractivity contribution < 1.29 is 22.4 Å². The highest BCUT2D eigenvalue weighted by Crippen LogP contribution is 2.29. The molecule has 4 rings (SSSR count). The number of hydrogen-bond acceptors (Lipinski definition) is 6. The second kappa shape index (κ2) is 10.8. The first kappa shape index (κ1) is 24.6. The Kier molecular flexibility index (Phi) is 7.42. The van der Waals surface area contributed by atoms with E-state index in [1.165, 1.54) is 24.5 Å². The standard InChI is InChI=1S/C24H21F4N7O/c25-19-6-4-16(5-7-19)12-31-22(36)14-30-20-11-21(35-9-8-29-15-35)34-23(33-20)32-13-17-2-1-3-18(10-17)24(26,27)28/h1-11,15H,12-14H2,(H,31,36)(H2,30,32,33,34). The van der Waals surface area contributed by atoms with Gasteiger partial charge in [0.1, 0.15) is 23.8 Å². The molecule has 0 saturated carbocycles. The summed E-state index contributed by atoms with van der Waals surface area (Å²) in [5.74, 6) is 0.218. The van der Waals surface area contributed by atoms with Gasteiger partial charge in [0.2, 0.25) is 11.9 Å². The van der Waals surface area contributed by atoms with E-state index in [2.05, 4.69) is 30.9 Å². The molecule has 1 amide bonds. The van der Waals surface area contributed by atoms with Crippen molar-refractivity contribution in [2.24, 2.45) is 0 Å². The van der Waals surface area contributed by atoms with E-state index < -0.39 is 11.7 Å². The van der Waals surface area contributed by atoms with E-state index in [9.17, 15) is 22.4 Å². The van der Waals surface area contributed by atoms with Gasteiger partial charge >= 0.3 is 6.18 Å². The second-order valence-electron chi connectivity index (χ2n) is 7.71. The van der Waals surface area contributed by atoms with Gasteiger partial charge in [-0.2, -0.15) is 23.1 Å². The zero-order valence-electron chi connectivity index (χ0n) is 18.8. The van der Waals surface area contributed by atoms with E-state index in [0.717, 1.165) is 17.7 Å². The van der Waals surface area contributed by atoms with Crippen LogP contribution in [0.3, 0.4) is 0 Å². The van der Waals surface area contributed by atoms with Crippen molar-refractivity contribution in [2.45, 2.75) is 19.3 Å². The normalized spacial score (nSPS) is 11.2. The molecule has 2 aromatic carbocycles. The Morgan fingerprint density at radius 2 is 1.75 bits per heavy atom. The highest BCUT2D eigenvalue weighted by atomic mass is 19.4. The lowest BCUT2D eigenvalue weighted by Crippen LogP contribution is -2.29. The molecule has 0 unspecified atom stereocenters. The molecule has 0 atom stereocenters. The van der Waals surface area contributed by atoms with Gasteiger partial charge in [-0.3, -0.25) is 9.36 Å². The monoisotopic (exact) mass is 499 g/mol. The SMILES string of the molecule is O=C(CNc1cc(-n2ccnc2)nc(NCc2cccc(C(F)(F)F)c2)n1)NCc1ccc(F)cc1. The van der Waals surface area contributed by atoms with Gasteiger partial charge in [-0.15, -0.1) is 0 Å². The number of imidazole rings is 1. The topological polar surface area (TPSA) is 96.8 Å². The average molecular weight is 499 g/mol. The number of rotatable bonds is 9. The highest BCUT2D eigenvalue weighted by molar-refractivity contribution is 5.80. The molecule has 12 heteroatoms. The number of hydrogen-bond donors (Lipinski definition) is 3. The number of halogens is 4. The van der Waals surface area contributed by atoms with Gasteiger partial charge in [0, 0.05) is 31.5 Å². The van der Waals surface area contributed by atoms with Gasteiger partial charge < -0.3 is 16.0 Å². The lowest BCUT2D eigenvalue weighted by molar-refractivity contribution is -0.137. The van der Waals surface area contributed by atoms with Gasteiger partial charge in [-0.1, -0.05) is 24.3 Å². The molecule has 2 heterocycles. The molecule has 8 nitrogen and oxygen atoms in total. The van der Waals surface area contributed by atoms with Crippen molar-refractivity contribution in [1.29, 1.82) is 0 Å². The number of aromatic nitrogens is 4. The van der Waals surface area contributed by atoms with Gasteiger partial charge in [0.25, 0.3) is 0 Å². The van der Waals surface area contributed by atoms with Crippen molar-refractivity contribution in [3.05, 3.63) is 95.8 Å². The summed E-state index contributed by atoms with van der Waals surface area (Å²) in [6.07, 6.45) is 0.312. The Bertz CT molecular complexity index is 1310. The first-order valence-corrected chi connectivity index (χ1v) is 10.8. The number of anilines is 2. The zero-order valence-corrected chi connectivity index (χ0v) is 18.8. The molecule has 0 aliphatic heterocycles. The molecular formula is C24H21F4N7O. The molecule has 186 valence electrons. The number of benzene rings is 2. The number of carbonyl (C=O) groups excluding carboxylic acids is 1. The van der Waals surface area contributed by atoms with Crippen LogP contribution in [-0.2, 0) is 24.1 Å². The molecule has 0 aliphatic carbocycles. The molecule has 0 saturated heterocycles. The number of nitrogens with zero attached hydrogens (tertiary/aromatic N) is 4.